The van der Waals surface area contributed by atoms with Gasteiger partial charge in [-0.2, -0.15) is 0 Å². The molecule has 1 aliphatic heterocycles. The number of para-hydroxylation sites is 1. The van der Waals surface area contributed by atoms with Crippen LogP contribution in [0.1, 0.15) is 36.3 Å². The Balaban J connectivity index is 1.29. The second-order valence-electron chi connectivity index (χ2n) is 9.54. The summed E-state index contributed by atoms with van der Waals surface area (Å²) in [6.07, 6.45) is 4.14. The van der Waals surface area contributed by atoms with Crippen LogP contribution in [0.25, 0.3) is 6.08 Å². The molecular formula is C31H30Cl2N2O5S. The van der Waals surface area contributed by atoms with E-state index in [9.17, 15) is 19.5 Å². The van der Waals surface area contributed by atoms with Crippen LogP contribution in [0.15, 0.2) is 82.6 Å². The lowest BCUT2D eigenvalue weighted by Gasteiger charge is -2.32. The van der Waals surface area contributed by atoms with Crippen LogP contribution >= 0.6 is 35.0 Å². The Hall–Kier alpha value is -3.46. The van der Waals surface area contributed by atoms with Gasteiger partial charge in [0.25, 0.3) is 0 Å². The molecule has 41 heavy (non-hydrogen) atoms. The van der Waals surface area contributed by atoms with Crippen molar-refractivity contribution in [2.75, 3.05) is 20.2 Å². The van der Waals surface area contributed by atoms with Crippen LogP contribution in [0.2, 0.25) is 10.0 Å². The number of carbonyl (C=O) groups excluding carboxylic acids is 2. The minimum Gasteiger partial charge on any atom is -0.496 e. The highest BCUT2D eigenvalue weighted by atomic mass is 35.5. The first-order valence-corrected chi connectivity index (χ1v) is 14.7. The van der Waals surface area contributed by atoms with Gasteiger partial charge in [0.1, 0.15) is 5.75 Å². The molecule has 7 nitrogen and oxygen atoms in total. The molecule has 3 aromatic rings. The first-order chi connectivity index (χ1) is 19.8. The van der Waals surface area contributed by atoms with E-state index in [-0.39, 0.29) is 24.3 Å². The molecule has 1 fully saturated rings. The Bertz CT molecular complexity index is 1430. The lowest BCUT2D eigenvalue weighted by molar-refractivity contribution is -0.141. The fourth-order valence-corrected chi connectivity index (χ4v) is 6.13. The number of hydrogen-bond acceptors (Lipinski definition) is 5. The van der Waals surface area contributed by atoms with E-state index in [1.807, 2.05) is 36.4 Å². The number of aliphatic carboxylic acids is 1. The quantitative estimate of drug-likeness (QED) is 0.253. The van der Waals surface area contributed by atoms with Crippen molar-refractivity contribution in [3.63, 3.8) is 0 Å². The van der Waals surface area contributed by atoms with Gasteiger partial charge in [0, 0.05) is 36.5 Å². The van der Waals surface area contributed by atoms with E-state index in [1.165, 1.54) is 17.8 Å². The molecule has 1 aliphatic rings. The Morgan fingerprint density at radius 3 is 2.37 bits per heavy atom. The highest BCUT2D eigenvalue weighted by Gasteiger charge is 2.27. The molecule has 2 amide bonds. The summed E-state index contributed by atoms with van der Waals surface area (Å²) in [7, 11) is 1.61. The number of likely N-dealkylation sites (tertiary alicyclic amines) is 1. The summed E-state index contributed by atoms with van der Waals surface area (Å²) in [4.78, 5) is 40.5. The molecule has 0 aromatic heterocycles. The van der Waals surface area contributed by atoms with Crippen molar-refractivity contribution in [2.24, 2.45) is 0 Å². The minimum absolute atomic E-state index is 0.123. The molecule has 214 valence electrons. The number of piperidine rings is 1. The maximum Gasteiger partial charge on any atom is 0.311 e. The Morgan fingerprint density at radius 1 is 1.00 bits per heavy atom. The van der Waals surface area contributed by atoms with Gasteiger partial charge in [-0.15, -0.1) is 0 Å². The SMILES string of the molecule is COc1ccccc1Sc1ccc(/C=C/C(=O)N2CCC(NC(=O)CC(C(=O)O)c3ccccc3)CC2)c(Cl)c1Cl. The van der Waals surface area contributed by atoms with Gasteiger partial charge in [-0.3, -0.25) is 14.4 Å². The molecule has 1 atom stereocenters. The number of nitrogens with zero attached hydrogens (tertiary/aromatic N) is 1. The van der Waals surface area contributed by atoms with E-state index < -0.39 is 11.9 Å². The van der Waals surface area contributed by atoms with Crippen molar-refractivity contribution in [1.29, 1.82) is 0 Å². The van der Waals surface area contributed by atoms with Gasteiger partial charge in [0.15, 0.2) is 0 Å². The molecule has 1 heterocycles. The second-order valence-corrected chi connectivity index (χ2v) is 11.4. The fraction of sp³-hybridized carbons (Fsp3) is 0.258. The van der Waals surface area contributed by atoms with Gasteiger partial charge in [-0.05, 0) is 48.2 Å². The van der Waals surface area contributed by atoms with Crippen LogP contribution in [0.5, 0.6) is 5.75 Å². The van der Waals surface area contributed by atoms with Crippen molar-refractivity contribution in [3.05, 3.63) is 94.0 Å². The minimum atomic E-state index is -1.04. The van der Waals surface area contributed by atoms with E-state index in [1.54, 1.807) is 48.4 Å². The molecular weight excluding hydrogens is 583 g/mol. The second kappa shape index (κ2) is 14.4. The maximum absolute atomic E-state index is 12.8. The summed E-state index contributed by atoms with van der Waals surface area (Å²) < 4.78 is 5.41. The number of carboxylic acids is 1. The smallest absolute Gasteiger partial charge is 0.311 e. The third kappa shape index (κ3) is 8.06. The number of amides is 2. The third-order valence-electron chi connectivity index (χ3n) is 6.83. The molecule has 4 rings (SSSR count). The summed E-state index contributed by atoms with van der Waals surface area (Å²) in [5.74, 6) is -1.68. The fourth-order valence-electron chi connectivity index (χ4n) is 4.59. The Morgan fingerprint density at radius 2 is 1.68 bits per heavy atom. The lowest BCUT2D eigenvalue weighted by Crippen LogP contribution is -2.46. The highest BCUT2D eigenvalue weighted by Crippen LogP contribution is 2.42. The molecule has 2 N–H and O–H groups in total. The van der Waals surface area contributed by atoms with Crippen LogP contribution in [-0.2, 0) is 14.4 Å². The van der Waals surface area contributed by atoms with E-state index >= 15 is 0 Å². The molecule has 10 heteroatoms. The number of carbonyl (C=O) groups is 3. The number of nitrogens with one attached hydrogen (secondary N) is 1. The Kier molecular flexibility index (Phi) is 10.7. The van der Waals surface area contributed by atoms with Crippen LogP contribution < -0.4 is 10.1 Å². The number of hydrogen-bond donors (Lipinski definition) is 2. The standard InChI is InChI=1S/C31H30Cl2N2O5S/c1-40-24-9-5-6-10-25(24)41-26-13-11-21(29(32)30(26)33)12-14-28(37)35-17-15-22(16-18-35)34-27(36)19-23(31(38)39)20-7-3-2-4-8-20/h2-14,22-23H,15-19H2,1H3,(H,34,36)(H,38,39)/b14-12+. The van der Waals surface area contributed by atoms with Gasteiger partial charge in [0.2, 0.25) is 11.8 Å². The molecule has 1 unspecified atom stereocenters. The average molecular weight is 614 g/mol. The van der Waals surface area contributed by atoms with Gasteiger partial charge in [-0.25, -0.2) is 0 Å². The molecule has 3 aromatic carbocycles. The number of ether oxygens (including phenoxy) is 1. The maximum atomic E-state index is 12.8. The monoisotopic (exact) mass is 612 g/mol. The zero-order chi connectivity index (χ0) is 29.4. The summed E-state index contributed by atoms with van der Waals surface area (Å²) in [5, 5.41) is 13.3. The molecule has 1 saturated heterocycles. The summed E-state index contributed by atoms with van der Waals surface area (Å²) in [6, 6.07) is 19.9. The number of methoxy groups -OCH3 is 1. The van der Waals surface area contributed by atoms with Crippen LogP contribution in [0, 0.1) is 0 Å². The largest absolute Gasteiger partial charge is 0.496 e. The zero-order valence-electron chi connectivity index (χ0n) is 22.4. The molecule has 0 radical (unpaired) electrons. The third-order valence-corrected chi connectivity index (χ3v) is 8.96. The lowest BCUT2D eigenvalue weighted by atomic mass is 9.95. The van der Waals surface area contributed by atoms with E-state index in [2.05, 4.69) is 5.32 Å². The molecule has 0 spiro atoms. The average Bonchev–Trinajstić information content (AvgIpc) is 2.98. The predicted molar refractivity (Wildman–Crippen MR) is 162 cm³/mol. The summed E-state index contributed by atoms with van der Waals surface area (Å²) in [6.45, 7) is 0.941. The first kappa shape index (κ1) is 30.5. The van der Waals surface area contributed by atoms with E-state index in [0.717, 1.165) is 15.5 Å². The topological polar surface area (TPSA) is 95.9 Å². The molecule has 0 bridgehead atoms. The van der Waals surface area contributed by atoms with Gasteiger partial charge in [-0.1, -0.05) is 83.5 Å². The predicted octanol–water partition coefficient (Wildman–Crippen LogP) is 6.53. The van der Waals surface area contributed by atoms with Gasteiger partial charge in [0.05, 0.1) is 28.0 Å². The van der Waals surface area contributed by atoms with Crippen LogP contribution in [-0.4, -0.2) is 54.0 Å². The number of carboxylic acid groups (broad SMARTS) is 1. The van der Waals surface area contributed by atoms with Crippen LogP contribution in [0.3, 0.4) is 0 Å². The molecule has 0 aliphatic carbocycles. The van der Waals surface area contributed by atoms with Crippen molar-refractivity contribution in [2.45, 2.75) is 41.0 Å². The van der Waals surface area contributed by atoms with Gasteiger partial charge < -0.3 is 20.1 Å². The van der Waals surface area contributed by atoms with E-state index in [0.29, 0.717) is 47.1 Å². The number of benzene rings is 3. The molecule has 0 saturated carbocycles. The van der Waals surface area contributed by atoms with Gasteiger partial charge >= 0.3 is 5.97 Å². The Labute approximate surface area is 253 Å². The number of halogens is 2. The first-order valence-electron chi connectivity index (χ1n) is 13.1. The van der Waals surface area contributed by atoms with E-state index in [4.69, 9.17) is 27.9 Å². The normalized spacial score (nSPS) is 14.6. The van der Waals surface area contributed by atoms with Crippen molar-refractivity contribution < 1.29 is 24.2 Å². The van der Waals surface area contributed by atoms with Crippen molar-refractivity contribution >= 4 is 58.8 Å². The summed E-state index contributed by atoms with van der Waals surface area (Å²) in [5.41, 5.74) is 1.22. The zero-order valence-corrected chi connectivity index (χ0v) is 24.7. The van der Waals surface area contributed by atoms with Crippen molar-refractivity contribution in [3.8, 4) is 5.75 Å². The van der Waals surface area contributed by atoms with Crippen LogP contribution in [0.4, 0.5) is 0 Å². The van der Waals surface area contributed by atoms with Crippen molar-refractivity contribution in [1.82, 2.24) is 10.2 Å². The highest BCUT2D eigenvalue weighted by molar-refractivity contribution is 7.99. The summed E-state index contributed by atoms with van der Waals surface area (Å²) >= 11 is 14.5. The number of rotatable bonds is 10.